The standard InChI is InChI=1S/C16H25ClN2O/c1-4-16(5-2,11-18)15(20)19-12(3)10-13-6-8-14(17)9-7-13/h6-9,12H,4-5,10-11,18H2,1-3H3,(H,19,20). The minimum Gasteiger partial charge on any atom is -0.353 e. The Hall–Kier alpha value is -1.06. The van der Waals surface area contributed by atoms with Crippen LogP contribution < -0.4 is 11.1 Å². The van der Waals surface area contributed by atoms with Gasteiger partial charge >= 0.3 is 0 Å². The normalized spacial score (nSPS) is 13.1. The summed E-state index contributed by atoms with van der Waals surface area (Å²) in [5, 5.41) is 3.81. The van der Waals surface area contributed by atoms with E-state index in [0.29, 0.717) is 6.54 Å². The van der Waals surface area contributed by atoms with Crippen LogP contribution in [-0.4, -0.2) is 18.5 Å². The van der Waals surface area contributed by atoms with Crippen molar-refractivity contribution in [3.8, 4) is 0 Å². The second-order valence-electron chi connectivity index (χ2n) is 5.40. The minimum atomic E-state index is -0.436. The van der Waals surface area contributed by atoms with Crippen molar-refractivity contribution >= 4 is 17.5 Å². The molecule has 0 aromatic heterocycles. The number of halogens is 1. The van der Waals surface area contributed by atoms with E-state index in [-0.39, 0.29) is 11.9 Å². The van der Waals surface area contributed by atoms with Crippen LogP contribution in [0.1, 0.15) is 39.2 Å². The lowest BCUT2D eigenvalue weighted by molar-refractivity contribution is -0.131. The summed E-state index contributed by atoms with van der Waals surface area (Å²) in [7, 11) is 0. The Morgan fingerprint density at radius 3 is 2.30 bits per heavy atom. The van der Waals surface area contributed by atoms with E-state index >= 15 is 0 Å². The van der Waals surface area contributed by atoms with E-state index in [0.717, 1.165) is 29.8 Å². The average molecular weight is 297 g/mol. The molecule has 0 saturated carbocycles. The van der Waals surface area contributed by atoms with Gasteiger partial charge in [-0.1, -0.05) is 37.6 Å². The first-order valence-electron chi connectivity index (χ1n) is 7.23. The van der Waals surface area contributed by atoms with Crippen molar-refractivity contribution in [3.05, 3.63) is 34.9 Å². The van der Waals surface area contributed by atoms with E-state index < -0.39 is 5.41 Å². The number of rotatable bonds is 7. The third-order valence-corrected chi connectivity index (χ3v) is 4.31. The maximum atomic E-state index is 12.4. The fourth-order valence-corrected chi connectivity index (χ4v) is 2.48. The molecule has 1 aromatic rings. The quantitative estimate of drug-likeness (QED) is 0.812. The van der Waals surface area contributed by atoms with Gasteiger partial charge in [0, 0.05) is 17.6 Å². The van der Waals surface area contributed by atoms with Gasteiger partial charge in [-0.3, -0.25) is 4.79 Å². The molecule has 0 heterocycles. The van der Waals surface area contributed by atoms with Gasteiger partial charge in [0.1, 0.15) is 0 Å². The van der Waals surface area contributed by atoms with Crippen LogP contribution in [0.15, 0.2) is 24.3 Å². The predicted molar refractivity (Wildman–Crippen MR) is 84.8 cm³/mol. The first-order chi connectivity index (χ1) is 9.47. The molecule has 0 aliphatic rings. The molecular formula is C16H25ClN2O. The molecule has 0 fully saturated rings. The zero-order valence-electron chi connectivity index (χ0n) is 12.6. The van der Waals surface area contributed by atoms with Gasteiger partial charge in [0.15, 0.2) is 0 Å². The molecule has 1 rings (SSSR count). The summed E-state index contributed by atoms with van der Waals surface area (Å²) in [5.41, 5.74) is 6.52. The molecule has 4 heteroatoms. The molecule has 1 atom stereocenters. The first-order valence-corrected chi connectivity index (χ1v) is 7.60. The van der Waals surface area contributed by atoms with Crippen LogP contribution in [0.5, 0.6) is 0 Å². The summed E-state index contributed by atoms with van der Waals surface area (Å²) in [5.74, 6) is 0.0615. The first kappa shape index (κ1) is 17.0. The molecule has 1 unspecified atom stereocenters. The topological polar surface area (TPSA) is 55.1 Å². The molecule has 0 spiro atoms. The largest absolute Gasteiger partial charge is 0.353 e. The monoisotopic (exact) mass is 296 g/mol. The van der Waals surface area contributed by atoms with Crippen LogP contribution in [-0.2, 0) is 11.2 Å². The van der Waals surface area contributed by atoms with Crippen molar-refractivity contribution in [3.63, 3.8) is 0 Å². The Labute approximate surface area is 126 Å². The van der Waals surface area contributed by atoms with E-state index in [1.807, 2.05) is 45.0 Å². The van der Waals surface area contributed by atoms with Gasteiger partial charge in [-0.25, -0.2) is 0 Å². The maximum Gasteiger partial charge on any atom is 0.227 e. The summed E-state index contributed by atoms with van der Waals surface area (Å²) >= 11 is 5.87. The molecule has 0 aliphatic heterocycles. The summed E-state index contributed by atoms with van der Waals surface area (Å²) in [6.07, 6.45) is 2.32. The third kappa shape index (κ3) is 4.22. The van der Waals surface area contributed by atoms with E-state index in [1.54, 1.807) is 0 Å². The Balaban J connectivity index is 2.63. The number of nitrogens with two attached hydrogens (primary N) is 1. The lowest BCUT2D eigenvalue weighted by atomic mass is 9.81. The molecule has 1 aromatic carbocycles. The second kappa shape index (κ2) is 7.65. The average Bonchev–Trinajstić information content (AvgIpc) is 2.44. The molecule has 0 bridgehead atoms. The fourth-order valence-electron chi connectivity index (χ4n) is 2.35. The lowest BCUT2D eigenvalue weighted by Gasteiger charge is -2.30. The Morgan fingerprint density at radius 2 is 1.85 bits per heavy atom. The lowest BCUT2D eigenvalue weighted by Crippen LogP contribution is -2.48. The highest BCUT2D eigenvalue weighted by molar-refractivity contribution is 6.30. The Morgan fingerprint density at radius 1 is 1.30 bits per heavy atom. The number of nitrogens with one attached hydrogen (secondary N) is 1. The van der Waals surface area contributed by atoms with Crippen molar-refractivity contribution in [2.75, 3.05) is 6.54 Å². The van der Waals surface area contributed by atoms with Crippen LogP contribution in [0.4, 0.5) is 0 Å². The zero-order chi connectivity index (χ0) is 15.2. The van der Waals surface area contributed by atoms with Gasteiger partial charge in [0.25, 0.3) is 0 Å². The van der Waals surface area contributed by atoms with E-state index in [2.05, 4.69) is 5.32 Å². The molecule has 0 radical (unpaired) electrons. The smallest absolute Gasteiger partial charge is 0.227 e. The number of amides is 1. The molecule has 1 amide bonds. The van der Waals surface area contributed by atoms with E-state index in [9.17, 15) is 4.79 Å². The number of hydrogen-bond acceptors (Lipinski definition) is 2. The van der Waals surface area contributed by atoms with Gasteiger partial charge in [0.2, 0.25) is 5.91 Å². The summed E-state index contributed by atoms with van der Waals surface area (Å²) in [6, 6.07) is 7.79. The van der Waals surface area contributed by atoms with Gasteiger partial charge < -0.3 is 11.1 Å². The fraction of sp³-hybridized carbons (Fsp3) is 0.562. The minimum absolute atomic E-state index is 0.0615. The molecule has 3 nitrogen and oxygen atoms in total. The number of carbonyl (C=O) groups excluding carboxylic acids is 1. The summed E-state index contributed by atoms with van der Waals surface area (Å²) < 4.78 is 0. The third-order valence-electron chi connectivity index (χ3n) is 4.06. The maximum absolute atomic E-state index is 12.4. The summed E-state index contributed by atoms with van der Waals surface area (Å²) in [6.45, 7) is 6.43. The predicted octanol–water partition coefficient (Wildman–Crippen LogP) is 3.15. The molecule has 3 N–H and O–H groups in total. The highest BCUT2D eigenvalue weighted by Gasteiger charge is 2.33. The Bertz CT molecular complexity index is 418. The van der Waals surface area contributed by atoms with Crippen LogP contribution in [0.25, 0.3) is 0 Å². The molecule has 112 valence electrons. The number of carbonyl (C=O) groups is 1. The Kier molecular flexibility index (Phi) is 6.50. The highest BCUT2D eigenvalue weighted by atomic mass is 35.5. The van der Waals surface area contributed by atoms with Gasteiger partial charge in [-0.2, -0.15) is 0 Å². The highest BCUT2D eigenvalue weighted by Crippen LogP contribution is 2.25. The molecule has 0 saturated heterocycles. The van der Waals surface area contributed by atoms with Gasteiger partial charge in [-0.15, -0.1) is 0 Å². The van der Waals surface area contributed by atoms with Crippen molar-refractivity contribution in [2.24, 2.45) is 11.1 Å². The van der Waals surface area contributed by atoms with E-state index in [4.69, 9.17) is 17.3 Å². The van der Waals surface area contributed by atoms with Crippen molar-refractivity contribution < 1.29 is 4.79 Å². The van der Waals surface area contributed by atoms with E-state index in [1.165, 1.54) is 0 Å². The van der Waals surface area contributed by atoms with Crippen LogP contribution in [0.2, 0.25) is 5.02 Å². The van der Waals surface area contributed by atoms with Crippen molar-refractivity contribution in [2.45, 2.75) is 46.1 Å². The van der Waals surface area contributed by atoms with Crippen LogP contribution >= 0.6 is 11.6 Å². The number of hydrogen-bond donors (Lipinski definition) is 2. The van der Waals surface area contributed by atoms with Crippen LogP contribution in [0, 0.1) is 5.41 Å². The van der Waals surface area contributed by atoms with Crippen LogP contribution in [0.3, 0.4) is 0 Å². The SMILES string of the molecule is CCC(CC)(CN)C(=O)NC(C)Cc1ccc(Cl)cc1. The second-order valence-corrected chi connectivity index (χ2v) is 5.83. The van der Waals surface area contributed by atoms with Gasteiger partial charge in [0.05, 0.1) is 5.41 Å². The van der Waals surface area contributed by atoms with Crippen molar-refractivity contribution in [1.82, 2.24) is 5.32 Å². The summed E-state index contributed by atoms with van der Waals surface area (Å²) in [4.78, 5) is 12.4. The molecular weight excluding hydrogens is 272 g/mol. The van der Waals surface area contributed by atoms with Crippen molar-refractivity contribution in [1.29, 1.82) is 0 Å². The molecule has 20 heavy (non-hydrogen) atoms. The number of benzene rings is 1. The van der Waals surface area contributed by atoms with Gasteiger partial charge in [-0.05, 0) is 43.9 Å². The molecule has 0 aliphatic carbocycles. The zero-order valence-corrected chi connectivity index (χ0v) is 13.3.